The molecule has 0 unspecified atom stereocenters. The van der Waals surface area contributed by atoms with E-state index < -0.39 is 311 Å². The van der Waals surface area contributed by atoms with Crippen molar-refractivity contribution >= 4 is 43.6 Å². The van der Waals surface area contributed by atoms with E-state index in [0.717, 1.165) is 10.6 Å². The van der Waals surface area contributed by atoms with Gasteiger partial charge in [-0.05, 0) is 105 Å². The van der Waals surface area contributed by atoms with Gasteiger partial charge in [0.15, 0.2) is 0 Å². The van der Waals surface area contributed by atoms with Crippen molar-refractivity contribution in [2.75, 3.05) is 0 Å². The van der Waals surface area contributed by atoms with Gasteiger partial charge in [0.25, 0.3) is 0 Å². The molecule has 0 saturated heterocycles. The first-order valence-corrected chi connectivity index (χ1v) is 16.4. The molecule has 0 aliphatic carbocycles. The van der Waals surface area contributed by atoms with Gasteiger partial charge in [-0.25, -0.2) is 0 Å². The zero-order valence-electron chi connectivity index (χ0n) is 63.0. The van der Waals surface area contributed by atoms with Crippen molar-refractivity contribution in [2.45, 2.75) is 0 Å². The average Bonchev–Trinajstić information content (AvgIpc) is 1.56. The zero-order chi connectivity index (χ0) is 67.5. The van der Waals surface area contributed by atoms with Crippen molar-refractivity contribution in [1.29, 1.82) is 0 Å². The Hall–Kier alpha value is -7.42. The number of benzene rings is 9. The minimum Gasteiger partial charge on any atom is -0.309 e. The van der Waals surface area contributed by atoms with Crippen LogP contribution in [0.5, 0.6) is 0 Å². The Kier molecular flexibility index (Phi) is 2.95. The second-order valence-electron chi connectivity index (χ2n) is 11.8. The molecule has 2 aromatic heterocycles. The standard InChI is InChI=1S/C54H36N2/c1-3-12-37(13-4-1)39-22-24-40(25-23-39)41-26-30-45(31-27-41)55-51-20-9-7-18-47(51)49-35-43(28-32-53(49)55)44-29-33-54-50(36-44)48-19-8-10-21-52(48)56(54)46-17-11-16-42(34-46)38-14-5-2-6-15-38/h1-36H/i1D,2D,3D,4D,5D,6D,7D,8D,9D,10D,11D,12D,13D,14D,15D,16D,17D,18D,19D,20D,21D,22D,23D,24D,25D,26D,27D,29D,30D,31D,32D,33D,34D,35D,36D. The summed E-state index contributed by atoms with van der Waals surface area (Å²) in [6, 6.07) is -33.0. The van der Waals surface area contributed by atoms with Crippen LogP contribution in [0.1, 0.15) is 48.0 Å². The van der Waals surface area contributed by atoms with E-state index in [9.17, 15) is 20.6 Å². The van der Waals surface area contributed by atoms with Crippen LogP contribution in [0.25, 0.3) is 99.5 Å². The van der Waals surface area contributed by atoms with Crippen LogP contribution in [-0.4, -0.2) is 9.13 Å². The maximum absolute atomic E-state index is 9.92. The topological polar surface area (TPSA) is 9.86 Å². The van der Waals surface area contributed by atoms with Crippen LogP contribution >= 0.6 is 0 Å². The molecule has 0 aliphatic heterocycles. The van der Waals surface area contributed by atoms with E-state index >= 15 is 0 Å². The highest BCUT2D eigenvalue weighted by molar-refractivity contribution is 6.12. The lowest BCUT2D eigenvalue weighted by atomic mass is 10.00. The summed E-state index contributed by atoms with van der Waals surface area (Å²) in [6.45, 7) is 0. The van der Waals surface area contributed by atoms with Gasteiger partial charge in [-0.3, -0.25) is 0 Å². The SMILES string of the molecule is [2H]c1c([2H])c([2H])c(-c2c([2H])c([2H])c(-c3c([2H])c([2H])c(-n4c5c([2H])cc(-c6c([2H])c([2H])c7c(c6[2H])c6c([2H])c([2H])c([2H])c([2H])c6n7-c6c([2H])c([2H])c([2H])c(-c7c([2H])c([2H])c([2H])c([2H])c7[2H])c6[2H])c([2H])c5c5c([2H])c([2H])c([2H])c([2H])c54)c([2H])c3[2H])c([2H])c2[2H])c([2H])c1[2H]. The average molecular weight is 748 g/mol. The number of nitrogens with zero attached hydrogens (tertiary/aromatic N) is 2. The van der Waals surface area contributed by atoms with Crippen LogP contribution in [0.4, 0.5) is 0 Å². The van der Waals surface area contributed by atoms with E-state index in [1.165, 1.54) is 0 Å². The first kappa shape index (κ1) is 12.6. The molecule has 56 heavy (non-hydrogen) atoms. The summed E-state index contributed by atoms with van der Waals surface area (Å²) in [4.78, 5) is 0. The molecule has 262 valence electrons. The zero-order valence-corrected chi connectivity index (χ0v) is 28.0. The van der Waals surface area contributed by atoms with E-state index in [4.69, 9.17) is 27.4 Å². The van der Waals surface area contributed by atoms with Gasteiger partial charge >= 0.3 is 0 Å². The highest BCUT2D eigenvalue weighted by Gasteiger charge is 2.16. The van der Waals surface area contributed by atoms with Crippen molar-refractivity contribution < 1.29 is 48.0 Å². The Balaban J connectivity index is 1.23. The van der Waals surface area contributed by atoms with Gasteiger partial charge in [0, 0.05) is 32.9 Å². The van der Waals surface area contributed by atoms with Crippen LogP contribution in [0, 0.1) is 0 Å². The molecule has 0 aliphatic rings. The summed E-state index contributed by atoms with van der Waals surface area (Å²) < 4.78 is 316. The van der Waals surface area contributed by atoms with Gasteiger partial charge in [-0.2, -0.15) is 0 Å². The number of aromatic nitrogens is 2. The normalized spacial score (nSPS) is 20.3. The summed E-state index contributed by atoms with van der Waals surface area (Å²) in [6.07, 6.45) is 0. The van der Waals surface area contributed by atoms with E-state index in [1.54, 1.807) is 0 Å². The van der Waals surface area contributed by atoms with Crippen LogP contribution in [0.2, 0.25) is 0 Å². The molecule has 0 atom stereocenters. The summed E-state index contributed by atoms with van der Waals surface area (Å²) in [5.74, 6) is 0. The molecule has 0 radical (unpaired) electrons. The van der Waals surface area contributed by atoms with Crippen LogP contribution in [0.15, 0.2) is 218 Å². The molecule has 2 heterocycles. The molecule has 0 bridgehead atoms. The minimum atomic E-state index is -1.10. The van der Waals surface area contributed by atoms with Gasteiger partial charge in [-0.15, -0.1) is 0 Å². The smallest absolute Gasteiger partial charge is 0.0651 e. The van der Waals surface area contributed by atoms with Gasteiger partial charge < -0.3 is 9.13 Å². The number of hydrogen-bond acceptors (Lipinski definition) is 0. The Bertz CT molecular complexity index is 5180. The van der Waals surface area contributed by atoms with Crippen molar-refractivity contribution in [1.82, 2.24) is 9.13 Å². The molecule has 2 nitrogen and oxygen atoms in total. The molecule has 0 fully saturated rings. The van der Waals surface area contributed by atoms with Crippen LogP contribution in [-0.2, 0) is 0 Å². The van der Waals surface area contributed by atoms with Gasteiger partial charge in [0.2, 0.25) is 0 Å². The van der Waals surface area contributed by atoms with E-state index in [1.807, 2.05) is 0 Å². The molecule has 0 saturated carbocycles. The summed E-state index contributed by atoms with van der Waals surface area (Å²) in [5.41, 5.74) is -10.7. The highest BCUT2D eigenvalue weighted by atomic mass is 15.0. The van der Waals surface area contributed by atoms with Crippen LogP contribution < -0.4 is 0 Å². The lowest BCUT2D eigenvalue weighted by molar-refractivity contribution is 1.18. The lowest BCUT2D eigenvalue weighted by Crippen LogP contribution is -1.94. The summed E-state index contributed by atoms with van der Waals surface area (Å²) in [5, 5.41) is -2.52. The van der Waals surface area contributed by atoms with Gasteiger partial charge in [0.1, 0.15) is 0 Å². The largest absolute Gasteiger partial charge is 0.309 e. The molecule has 2 heteroatoms. The second-order valence-corrected chi connectivity index (χ2v) is 11.8. The second kappa shape index (κ2) is 13.2. The molecule has 11 rings (SSSR count). The van der Waals surface area contributed by atoms with E-state index in [-0.39, 0.29) is 0 Å². The van der Waals surface area contributed by atoms with E-state index in [2.05, 4.69) is 0 Å². The molecule has 9 aromatic carbocycles. The minimum absolute atomic E-state index is 0.619. The van der Waals surface area contributed by atoms with Crippen LogP contribution in [0.3, 0.4) is 0 Å². The molecule has 0 N–H and O–H groups in total. The Morgan fingerprint density at radius 1 is 0.250 bits per heavy atom. The van der Waals surface area contributed by atoms with Crippen molar-refractivity contribution in [3.05, 3.63) is 218 Å². The number of rotatable bonds is 6. The van der Waals surface area contributed by atoms with Crippen molar-refractivity contribution in [3.8, 4) is 55.9 Å². The first-order valence-electron chi connectivity index (χ1n) is 33.9. The van der Waals surface area contributed by atoms with Crippen molar-refractivity contribution in [3.63, 3.8) is 0 Å². The summed E-state index contributed by atoms with van der Waals surface area (Å²) >= 11 is 0. The lowest BCUT2D eigenvalue weighted by Gasteiger charge is -2.11. The molecule has 0 amide bonds. The predicted octanol–water partition coefficient (Wildman–Crippen LogP) is 14.5. The monoisotopic (exact) mass is 748 g/mol. The number of fused-ring (bicyclic) bond motifs is 6. The fourth-order valence-corrected chi connectivity index (χ4v) is 6.22. The third-order valence-electron chi connectivity index (χ3n) is 8.69. The quantitative estimate of drug-likeness (QED) is 0.160. The maximum atomic E-state index is 9.92. The summed E-state index contributed by atoms with van der Waals surface area (Å²) in [7, 11) is 0. The third-order valence-corrected chi connectivity index (χ3v) is 8.69. The molecular weight excluding hydrogens is 677 g/mol. The Morgan fingerprint density at radius 3 is 1.29 bits per heavy atom. The highest BCUT2D eigenvalue weighted by Crippen LogP contribution is 2.39. The fraction of sp³-hybridized carbons (Fsp3) is 0. The fourth-order valence-electron chi connectivity index (χ4n) is 6.22. The molecule has 11 aromatic rings. The molecular formula is C54H36N2. The molecule has 0 spiro atoms. The first-order chi connectivity index (χ1) is 42.4. The third kappa shape index (κ3) is 5.34. The number of para-hydroxylation sites is 2. The predicted molar refractivity (Wildman–Crippen MR) is 237 cm³/mol. The Morgan fingerprint density at radius 2 is 0.661 bits per heavy atom. The van der Waals surface area contributed by atoms with Gasteiger partial charge in [0.05, 0.1) is 70.0 Å². The Labute approximate surface area is 375 Å². The number of hydrogen-bond donors (Lipinski definition) is 0. The maximum Gasteiger partial charge on any atom is 0.0651 e. The van der Waals surface area contributed by atoms with Crippen molar-refractivity contribution in [2.24, 2.45) is 0 Å². The van der Waals surface area contributed by atoms with Gasteiger partial charge in [-0.1, -0.05) is 157 Å². The van der Waals surface area contributed by atoms with E-state index in [0.29, 0.717) is 4.57 Å².